The Bertz CT molecular complexity index is 1260. The van der Waals surface area contributed by atoms with E-state index in [1.165, 1.54) is 24.8 Å². The highest BCUT2D eigenvalue weighted by Gasteiger charge is 2.13. The number of hydrogen-bond acceptors (Lipinski definition) is 7. The number of aromatic nitrogens is 2. The van der Waals surface area contributed by atoms with Crippen molar-refractivity contribution in [3.63, 3.8) is 0 Å². The van der Waals surface area contributed by atoms with E-state index >= 15 is 0 Å². The summed E-state index contributed by atoms with van der Waals surface area (Å²) in [5, 5.41) is 12.1. The fraction of sp³-hybridized carbons (Fsp3) is 0.143. The zero-order valence-electron chi connectivity index (χ0n) is 15.8. The van der Waals surface area contributed by atoms with Gasteiger partial charge in [-0.25, -0.2) is 4.79 Å². The highest BCUT2D eigenvalue weighted by atomic mass is 32.2. The maximum absolute atomic E-state index is 12.0. The van der Waals surface area contributed by atoms with Crippen molar-refractivity contribution in [1.29, 1.82) is 0 Å². The summed E-state index contributed by atoms with van der Waals surface area (Å²) < 4.78 is 11.1. The lowest BCUT2D eigenvalue weighted by atomic mass is 10.1. The molecule has 1 amide bonds. The highest BCUT2D eigenvalue weighted by molar-refractivity contribution is 7.98. The number of amides is 1. The first-order chi connectivity index (χ1) is 14.0. The molecule has 0 aliphatic carbocycles. The number of benzene rings is 2. The largest absolute Gasteiger partial charge is 0.423 e. The van der Waals surface area contributed by atoms with Crippen molar-refractivity contribution in [3.05, 3.63) is 70.1 Å². The van der Waals surface area contributed by atoms with Gasteiger partial charge in [-0.3, -0.25) is 4.79 Å². The number of nitrogens with one attached hydrogen (secondary N) is 1. The van der Waals surface area contributed by atoms with E-state index in [0.29, 0.717) is 28.1 Å². The first-order valence-electron chi connectivity index (χ1n) is 8.86. The Hall–Kier alpha value is -3.39. The number of hydrogen-bond donors (Lipinski definition) is 1. The molecule has 2 aromatic carbocycles. The van der Waals surface area contributed by atoms with Crippen LogP contribution in [0.4, 0.5) is 5.69 Å². The molecule has 7 nitrogen and oxygen atoms in total. The highest BCUT2D eigenvalue weighted by Crippen LogP contribution is 2.29. The standard InChI is InChI=1S/C21H17N3O4S/c1-12-5-3-4-6-16(12)20-23-24-21(28-20)29-11-14-9-19(26)27-18-10-15(22-13(2)25)7-8-17(14)18/h3-10H,11H2,1-2H3,(H,22,25). The van der Waals surface area contributed by atoms with E-state index in [0.717, 1.165) is 22.1 Å². The predicted molar refractivity (Wildman–Crippen MR) is 111 cm³/mol. The normalized spacial score (nSPS) is 11.0. The van der Waals surface area contributed by atoms with Crippen LogP contribution in [-0.2, 0) is 10.5 Å². The monoisotopic (exact) mass is 407 g/mol. The molecule has 0 unspecified atom stereocenters. The molecule has 4 rings (SSSR count). The van der Waals surface area contributed by atoms with Crippen LogP contribution in [0.3, 0.4) is 0 Å². The van der Waals surface area contributed by atoms with Gasteiger partial charge in [0.25, 0.3) is 5.22 Å². The third-order valence-electron chi connectivity index (χ3n) is 4.28. The molecule has 0 saturated heterocycles. The lowest BCUT2D eigenvalue weighted by Gasteiger charge is -2.06. The third-order valence-corrected chi connectivity index (χ3v) is 5.15. The minimum absolute atomic E-state index is 0.195. The average molecular weight is 407 g/mol. The number of anilines is 1. The molecule has 0 spiro atoms. The van der Waals surface area contributed by atoms with Gasteiger partial charge in [0.1, 0.15) is 5.58 Å². The molecular weight excluding hydrogens is 390 g/mol. The van der Waals surface area contributed by atoms with Gasteiger partial charge in [0.15, 0.2) is 0 Å². The summed E-state index contributed by atoms with van der Waals surface area (Å²) in [5.74, 6) is 0.721. The SMILES string of the molecule is CC(=O)Nc1ccc2c(CSc3nnc(-c4ccccc4C)o3)cc(=O)oc2c1. The van der Waals surface area contributed by atoms with Crippen LogP contribution in [0.2, 0.25) is 0 Å². The first-order valence-corrected chi connectivity index (χ1v) is 9.85. The van der Waals surface area contributed by atoms with E-state index in [1.54, 1.807) is 12.1 Å². The molecule has 4 aromatic rings. The number of rotatable bonds is 5. The second-order valence-electron chi connectivity index (χ2n) is 6.46. The van der Waals surface area contributed by atoms with Crippen molar-refractivity contribution in [2.24, 2.45) is 0 Å². The maximum atomic E-state index is 12.0. The van der Waals surface area contributed by atoms with Gasteiger partial charge < -0.3 is 14.2 Å². The predicted octanol–water partition coefficient (Wildman–Crippen LogP) is 4.40. The van der Waals surface area contributed by atoms with Crippen molar-refractivity contribution in [3.8, 4) is 11.5 Å². The Kier molecular flexibility index (Phi) is 5.18. The van der Waals surface area contributed by atoms with Gasteiger partial charge in [0.05, 0.1) is 0 Å². The molecule has 29 heavy (non-hydrogen) atoms. The van der Waals surface area contributed by atoms with Gasteiger partial charge in [-0.15, -0.1) is 10.2 Å². The van der Waals surface area contributed by atoms with E-state index < -0.39 is 5.63 Å². The topological polar surface area (TPSA) is 98.2 Å². The molecule has 0 aliphatic rings. The number of thioether (sulfide) groups is 1. The van der Waals surface area contributed by atoms with E-state index in [2.05, 4.69) is 15.5 Å². The second-order valence-corrected chi connectivity index (χ2v) is 7.39. The minimum atomic E-state index is -0.459. The molecule has 0 saturated carbocycles. The Morgan fingerprint density at radius 2 is 1.93 bits per heavy atom. The maximum Gasteiger partial charge on any atom is 0.336 e. The van der Waals surface area contributed by atoms with Crippen molar-refractivity contribution >= 4 is 34.3 Å². The summed E-state index contributed by atoms with van der Waals surface area (Å²) in [6.45, 7) is 3.40. The third kappa shape index (κ3) is 4.22. The second kappa shape index (κ2) is 7.92. The Morgan fingerprint density at radius 1 is 1.10 bits per heavy atom. The van der Waals surface area contributed by atoms with Crippen molar-refractivity contribution in [2.45, 2.75) is 24.8 Å². The summed E-state index contributed by atoms with van der Waals surface area (Å²) >= 11 is 1.34. The zero-order chi connectivity index (χ0) is 20.4. The van der Waals surface area contributed by atoms with Crippen LogP contribution < -0.4 is 10.9 Å². The van der Waals surface area contributed by atoms with E-state index in [1.807, 2.05) is 37.3 Å². The zero-order valence-corrected chi connectivity index (χ0v) is 16.6. The van der Waals surface area contributed by atoms with Gasteiger partial charge in [0, 0.05) is 41.4 Å². The molecule has 2 aromatic heterocycles. The first kappa shape index (κ1) is 18.9. The van der Waals surface area contributed by atoms with Gasteiger partial charge in [-0.05, 0) is 36.2 Å². The van der Waals surface area contributed by atoms with Crippen LogP contribution in [0.25, 0.3) is 22.4 Å². The van der Waals surface area contributed by atoms with Crippen LogP contribution in [0.1, 0.15) is 18.1 Å². The van der Waals surface area contributed by atoms with E-state index in [4.69, 9.17) is 8.83 Å². The smallest absolute Gasteiger partial charge is 0.336 e. The molecule has 0 radical (unpaired) electrons. The number of nitrogens with zero attached hydrogens (tertiary/aromatic N) is 2. The molecule has 1 N–H and O–H groups in total. The molecule has 0 aliphatic heterocycles. The molecule has 146 valence electrons. The van der Waals surface area contributed by atoms with Crippen molar-refractivity contribution in [2.75, 3.05) is 5.32 Å². The average Bonchev–Trinajstić information content (AvgIpc) is 3.14. The van der Waals surface area contributed by atoms with Crippen molar-refractivity contribution in [1.82, 2.24) is 10.2 Å². The summed E-state index contributed by atoms with van der Waals surface area (Å²) in [6.07, 6.45) is 0. The summed E-state index contributed by atoms with van der Waals surface area (Å²) in [4.78, 5) is 23.2. The van der Waals surface area contributed by atoms with Crippen LogP contribution in [0.15, 0.2) is 67.4 Å². The van der Waals surface area contributed by atoms with Gasteiger partial charge in [0.2, 0.25) is 11.8 Å². The van der Waals surface area contributed by atoms with Crippen LogP contribution >= 0.6 is 11.8 Å². The fourth-order valence-electron chi connectivity index (χ4n) is 2.96. The molecule has 8 heteroatoms. The molecule has 0 fully saturated rings. The van der Waals surface area contributed by atoms with Gasteiger partial charge >= 0.3 is 5.63 Å². The minimum Gasteiger partial charge on any atom is -0.423 e. The summed E-state index contributed by atoms with van der Waals surface area (Å²) in [6, 6.07) is 14.4. The molecule has 2 heterocycles. The quantitative estimate of drug-likeness (QED) is 0.387. The Labute approximate surface area is 170 Å². The Balaban J connectivity index is 1.58. The number of aryl methyl sites for hydroxylation is 1. The van der Waals surface area contributed by atoms with E-state index in [-0.39, 0.29) is 5.91 Å². The van der Waals surface area contributed by atoms with Gasteiger partial charge in [-0.2, -0.15) is 0 Å². The number of carbonyl (C=O) groups excluding carboxylic acids is 1. The summed E-state index contributed by atoms with van der Waals surface area (Å²) in [7, 11) is 0. The fourth-order valence-corrected chi connectivity index (χ4v) is 3.71. The van der Waals surface area contributed by atoms with Gasteiger partial charge in [-0.1, -0.05) is 30.0 Å². The van der Waals surface area contributed by atoms with Crippen LogP contribution in [-0.4, -0.2) is 16.1 Å². The lowest BCUT2D eigenvalue weighted by Crippen LogP contribution is -2.06. The lowest BCUT2D eigenvalue weighted by molar-refractivity contribution is -0.114. The van der Waals surface area contributed by atoms with Crippen LogP contribution in [0.5, 0.6) is 0 Å². The number of fused-ring (bicyclic) bond motifs is 1. The summed E-state index contributed by atoms with van der Waals surface area (Å²) in [5.41, 5.74) is 3.24. The molecular formula is C21H17N3O4S. The molecule has 0 bridgehead atoms. The van der Waals surface area contributed by atoms with Crippen LogP contribution in [0, 0.1) is 6.92 Å². The van der Waals surface area contributed by atoms with E-state index in [9.17, 15) is 9.59 Å². The number of carbonyl (C=O) groups is 1. The molecule has 0 atom stereocenters. The van der Waals surface area contributed by atoms with Crippen molar-refractivity contribution < 1.29 is 13.6 Å². The Morgan fingerprint density at radius 3 is 2.72 bits per heavy atom.